The highest BCUT2D eigenvalue weighted by molar-refractivity contribution is 8.00. The van der Waals surface area contributed by atoms with E-state index in [4.69, 9.17) is 4.42 Å². The number of hydrogen-bond donors (Lipinski definition) is 0. The van der Waals surface area contributed by atoms with Crippen molar-refractivity contribution in [2.75, 3.05) is 13.1 Å². The fourth-order valence-electron chi connectivity index (χ4n) is 2.66. The summed E-state index contributed by atoms with van der Waals surface area (Å²) in [7, 11) is 0. The zero-order valence-corrected chi connectivity index (χ0v) is 14.0. The fraction of sp³-hybridized carbons (Fsp3) is 0.438. The predicted octanol–water partition coefficient (Wildman–Crippen LogP) is 2.83. The molecule has 0 radical (unpaired) electrons. The largest absolute Gasteiger partial charge is 0.461 e. The van der Waals surface area contributed by atoms with Gasteiger partial charge in [0.1, 0.15) is 0 Å². The van der Waals surface area contributed by atoms with Gasteiger partial charge in [0, 0.05) is 19.6 Å². The molecule has 0 spiro atoms. The number of thioether (sulfide) groups is 1. The van der Waals surface area contributed by atoms with Gasteiger partial charge < -0.3 is 9.32 Å². The first-order valence-corrected chi connectivity index (χ1v) is 8.62. The minimum absolute atomic E-state index is 0.167. The summed E-state index contributed by atoms with van der Waals surface area (Å²) in [5.41, 5.74) is 0. The molecule has 1 aliphatic rings. The SMILES string of the molecule is C=CCn1c(SC(C)C(=O)N2CCCC2)nnc1-c1ccco1. The molecule has 1 unspecified atom stereocenters. The monoisotopic (exact) mass is 332 g/mol. The molecule has 122 valence electrons. The molecule has 1 fully saturated rings. The van der Waals surface area contributed by atoms with Crippen molar-refractivity contribution in [3.05, 3.63) is 31.1 Å². The summed E-state index contributed by atoms with van der Waals surface area (Å²) in [5, 5.41) is 8.97. The Hall–Kier alpha value is -2.02. The highest BCUT2D eigenvalue weighted by atomic mass is 32.2. The average molecular weight is 332 g/mol. The number of allylic oxidation sites excluding steroid dienone is 1. The lowest BCUT2D eigenvalue weighted by Crippen LogP contribution is -2.34. The quantitative estimate of drug-likeness (QED) is 0.601. The van der Waals surface area contributed by atoms with E-state index in [0.717, 1.165) is 25.9 Å². The molecule has 6 nitrogen and oxygen atoms in total. The van der Waals surface area contributed by atoms with Crippen LogP contribution < -0.4 is 0 Å². The van der Waals surface area contributed by atoms with Gasteiger partial charge in [0.2, 0.25) is 11.7 Å². The van der Waals surface area contributed by atoms with Crippen LogP contribution in [0.2, 0.25) is 0 Å². The molecule has 23 heavy (non-hydrogen) atoms. The zero-order valence-electron chi connectivity index (χ0n) is 13.1. The summed E-state index contributed by atoms with van der Waals surface area (Å²) >= 11 is 1.43. The summed E-state index contributed by atoms with van der Waals surface area (Å²) in [6.45, 7) is 8.00. The van der Waals surface area contributed by atoms with Crippen LogP contribution >= 0.6 is 11.8 Å². The van der Waals surface area contributed by atoms with Gasteiger partial charge in [-0.15, -0.1) is 16.8 Å². The van der Waals surface area contributed by atoms with Gasteiger partial charge >= 0.3 is 0 Å². The Morgan fingerprint density at radius 3 is 2.91 bits per heavy atom. The lowest BCUT2D eigenvalue weighted by Gasteiger charge is -2.19. The maximum atomic E-state index is 12.5. The summed E-state index contributed by atoms with van der Waals surface area (Å²) in [6, 6.07) is 3.66. The molecule has 1 atom stereocenters. The number of rotatable bonds is 6. The van der Waals surface area contributed by atoms with Gasteiger partial charge in [-0.25, -0.2) is 0 Å². The minimum Gasteiger partial charge on any atom is -0.461 e. The maximum Gasteiger partial charge on any atom is 0.235 e. The first-order chi connectivity index (χ1) is 11.2. The molecule has 1 saturated heterocycles. The second-order valence-corrected chi connectivity index (χ2v) is 6.78. The topological polar surface area (TPSA) is 64.2 Å². The molecule has 1 amide bonds. The number of carbonyl (C=O) groups is 1. The number of hydrogen-bond acceptors (Lipinski definition) is 5. The molecule has 2 aromatic rings. The normalized spacial score (nSPS) is 15.8. The van der Waals surface area contributed by atoms with Gasteiger partial charge in [0.25, 0.3) is 0 Å². The van der Waals surface area contributed by atoms with Crippen molar-refractivity contribution in [2.45, 2.75) is 36.7 Å². The second kappa shape index (κ2) is 7.04. The molecule has 0 bridgehead atoms. The Kier molecular flexibility index (Phi) is 4.85. The maximum absolute atomic E-state index is 12.5. The van der Waals surface area contributed by atoms with E-state index >= 15 is 0 Å². The van der Waals surface area contributed by atoms with E-state index in [1.54, 1.807) is 12.3 Å². The van der Waals surface area contributed by atoms with Crippen LogP contribution in [0.25, 0.3) is 11.6 Å². The summed E-state index contributed by atoms with van der Waals surface area (Å²) in [5.74, 6) is 1.48. The molecular weight excluding hydrogens is 312 g/mol. The number of carbonyl (C=O) groups excluding carboxylic acids is 1. The van der Waals surface area contributed by atoms with Gasteiger partial charge in [-0.05, 0) is 31.9 Å². The van der Waals surface area contributed by atoms with Crippen molar-refractivity contribution >= 4 is 17.7 Å². The lowest BCUT2D eigenvalue weighted by atomic mass is 10.4. The van der Waals surface area contributed by atoms with Gasteiger partial charge in [0.15, 0.2) is 10.9 Å². The molecule has 7 heteroatoms. The molecule has 0 aliphatic carbocycles. The van der Waals surface area contributed by atoms with Crippen molar-refractivity contribution in [1.29, 1.82) is 0 Å². The Morgan fingerprint density at radius 1 is 1.48 bits per heavy atom. The smallest absolute Gasteiger partial charge is 0.235 e. The predicted molar refractivity (Wildman–Crippen MR) is 89.1 cm³/mol. The van der Waals surface area contributed by atoms with Crippen molar-refractivity contribution in [2.24, 2.45) is 0 Å². The molecule has 0 N–H and O–H groups in total. The number of nitrogens with zero attached hydrogens (tertiary/aromatic N) is 4. The van der Waals surface area contributed by atoms with Crippen LogP contribution in [0.5, 0.6) is 0 Å². The standard InChI is InChI=1S/C16H20N4O2S/c1-3-8-20-14(13-7-6-11-22-13)17-18-16(20)23-12(2)15(21)19-9-4-5-10-19/h3,6-7,11-12H,1,4-5,8-10H2,2H3. The average Bonchev–Trinajstić information content (AvgIpc) is 3.29. The van der Waals surface area contributed by atoms with E-state index in [1.807, 2.05) is 28.5 Å². The van der Waals surface area contributed by atoms with Crippen LogP contribution in [0.1, 0.15) is 19.8 Å². The lowest BCUT2D eigenvalue weighted by molar-refractivity contribution is -0.129. The van der Waals surface area contributed by atoms with Crippen molar-refractivity contribution in [1.82, 2.24) is 19.7 Å². The molecular formula is C16H20N4O2S. The third-order valence-electron chi connectivity index (χ3n) is 3.82. The van der Waals surface area contributed by atoms with Gasteiger partial charge in [-0.1, -0.05) is 17.8 Å². The zero-order chi connectivity index (χ0) is 16.2. The molecule has 3 rings (SSSR count). The number of aromatic nitrogens is 3. The molecule has 0 aromatic carbocycles. The van der Waals surface area contributed by atoms with Crippen molar-refractivity contribution in [3.8, 4) is 11.6 Å². The van der Waals surface area contributed by atoms with E-state index in [-0.39, 0.29) is 11.2 Å². The first-order valence-electron chi connectivity index (χ1n) is 7.74. The van der Waals surface area contributed by atoms with Crippen LogP contribution in [0.4, 0.5) is 0 Å². The second-order valence-electron chi connectivity index (χ2n) is 5.48. The third kappa shape index (κ3) is 3.34. The Morgan fingerprint density at radius 2 is 2.26 bits per heavy atom. The Labute approximate surface area is 139 Å². The number of likely N-dealkylation sites (tertiary alicyclic amines) is 1. The van der Waals surface area contributed by atoms with Crippen molar-refractivity contribution < 1.29 is 9.21 Å². The molecule has 3 heterocycles. The van der Waals surface area contributed by atoms with Crippen molar-refractivity contribution in [3.63, 3.8) is 0 Å². The minimum atomic E-state index is -0.190. The summed E-state index contributed by atoms with van der Waals surface area (Å²) < 4.78 is 7.33. The van der Waals surface area contributed by atoms with Crippen LogP contribution in [-0.2, 0) is 11.3 Å². The van der Waals surface area contributed by atoms with Gasteiger partial charge in [-0.3, -0.25) is 9.36 Å². The van der Waals surface area contributed by atoms with E-state index in [9.17, 15) is 4.79 Å². The summed E-state index contributed by atoms with van der Waals surface area (Å²) in [6.07, 6.45) is 5.58. The Balaban J connectivity index is 1.79. The molecule has 2 aromatic heterocycles. The highest BCUT2D eigenvalue weighted by Gasteiger charge is 2.26. The van der Waals surface area contributed by atoms with Crippen LogP contribution in [0, 0.1) is 0 Å². The van der Waals surface area contributed by atoms with Crippen LogP contribution in [-0.4, -0.2) is 43.9 Å². The third-order valence-corrected chi connectivity index (χ3v) is 4.89. The van der Waals surface area contributed by atoms with Gasteiger partial charge in [0.05, 0.1) is 11.5 Å². The van der Waals surface area contributed by atoms with E-state index < -0.39 is 0 Å². The first kappa shape index (κ1) is 15.9. The van der Waals surface area contributed by atoms with E-state index in [0.29, 0.717) is 23.3 Å². The highest BCUT2D eigenvalue weighted by Crippen LogP contribution is 2.28. The molecule has 1 aliphatic heterocycles. The van der Waals surface area contributed by atoms with E-state index in [2.05, 4.69) is 16.8 Å². The fourth-order valence-corrected chi connectivity index (χ4v) is 3.60. The summed E-state index contributed by atoms with van der Waals surface area (Å²) in [4.78, 5) is 14.4. The Bertz CT molecular complexity index is 674. The van der Waals surface area contributed by atoms with E-state index in [1.165, 1.54) is 11.8 Å². The molecule has 0 saturated carbocycles. The van der Waals surface area contributed by atoms with Crippen LogP contribution in [0.15, 0.2) is 40.6 Å². The van der Waals surface area contributed by atoms with Crippen LogP contribution in [0.3, 0.4) is 0 Å². The van der Waals surface area contributed by atoms with Gasteiger partial charge in [-0.2, -0.15) is 0 Å². The number of amides is 1. The number of furan rings is 1.